The predicted molar refractivity (Wildman–Crippen MR) is 103 cm³/mol. The van der Waals surface area contributed by atoms with Crippen molar-refractivity contribution in [1.82, 2.24) is 15.2 Å². The third-order valence-corrected chi connectivity index (χ3v) is 6.91. The average Bonchev–Trinajstić information content (AvgIpc) is 3.09. The van der Waals surface area contributed by atoms with Gasteiger partial charge in [0.2, 0.25) is 0 Å². The highest BCUT2D eigenvalue weighted by atomic mass is 32.2. The van der Waals surface area contributed by atoms with E-state index in [2.05, 4.69) is 15.5 Å². The molecule has 0 radical (unpaired) electrons. The quantitative estimate of drug-likeness (QED) is 0.201. The number of amides is 2. The maximum atomic E-state index is 12.5. The molecule has 28 heavy (non-hydrogen) atoms. The topological polar surface area (TPSA) is 182 Å². The maximum Gasteiger partial charge on any atom is 0.353 e. The molecule has 0 aliphatic carbocycles. The minimum absolute atomic E-state index is 0.0590. The van der Waals surface area contributed by atoms with Gasteiger partial charge in [0.1, 0.15) is 22.8 Å². The smallest absolute Gasteiger partial charge is 0.353 e. The summed E-state index contributed by atoms with van der Waals surface area (Å²) < 4.78 is 0. The number of carbonyl (C=O) groups excluding carboxylic acids is 2. The van der Waals surface area contributed by atoms with E-state index in [1.807, 2.05) is 6.07 Å². The molecule has 2 aliphatic heterocycles. The standard InChI is InChI=1S/C14H12N6O5S3/c15-1-2-26-6-4-27-12-8(11(22)20(12)9(6)13(23)24)18-10(21)7(19-25)5-3-28-14(16)17-5/h3,8,12,25H,2,4H2,(H2,16,17)(H,18,21)(H,23,24)/b19-7+/t8-,12-/m1/s1. The highest BCUT2D eigenvalue weighted by Gasteiger charge is 2.54. The molecule has 1 saturated heterocycles. The molecule has 1 aromatic heterocycles. The molecule has 0 unspecified atom stereocenters. The summed E-state index contributed by atoms with van der Waals surface area (Å²) in [5.41, 5.74) is 4.98. The Morgan fingerprint density at radius 3 is 2.89 bits per heavy atom. The van der Waals surface area contributed by atoms with Gasteiger partial charge in [0, 0.05) is 16.0 Å². The van der Waals surface area contributed by atoms with Crippen LogP contribution in [-0.4, -0.2) is 66.6 Å². The van der Waals surface area contributed by atoms with Gasteiger partial charge in [-0.2, -0.15) is 5.26 Å². The highest BCUT2D eigenvalue weighted by molar-refractivity contribution is 8.06. The molecule has 1 fully saturated rings. The van der Waals surface area contributed by atoms with E-state index in [1.54, 1.807) is 0 Å². The molecule has 14 heteroatoms. The fraction of sp³-hybridized carbons (Fsp3) is 0.286. The minimum atomic E-state index is -1.28. The lowest BCUT2D eigenvalue weighted by Crippen LogP contribution is -2.71. The van der Waals surface area contributed by atoms with Crippen LogP contribution in [0.25, 0.3) is 0 Å². The molecule has 5 N–H and O–H groups in total. The lowest BCUT2D eigenvalue weighted by molar-refractivity contribution is -0.150. The van der Waals surface area contributed by atoms with Crippen molar-refractivity contribution in [2.24, 2.45) is 5.16 Å². The van der Waals surface area contributed by atoms with E-state index >= 15 is 0 Å². The lowest BCUT2D eigenvalue weighted by Gasteiger charge is -2.49. The summed E-state index contributed by atoms with van der Waals surface area (Å²) in [7, 11) is 0. The van der Waals surface area contributed by atoms with Crippen LogP contribution in [-0.2, 0) is 14.4 Å². The monoisotopic (exact) mass is 440 g/mol. The number of oxime groups is 1. The molecule has 1 aromatic rings. The molecule has 0 aromatic carbocycles. The number of anilines is 1. The molecule has 2 aliphatic rings. The Balaban J connectivity index is 1.76. The molecule has 11 nitrogen and oxygen atoms in total. The zero-order valence-electron chi connectivity index (χ0n) is 13.9. The number of nitrogens with two attached hydrogens (primary N) is 1. The second-order valence-electron chi connectivity index (χ2n) is 5.40. The van der Waals surface area contributed by atoms with E-state index in [0.29, 0.717) is 10.7 Å². The number of nitrogens with zero attached hydrogens (tertiary/aromatic N) is 4. The van der Waals surface area contributed by atoms with Gasteiger partial charge in [-0.3, -0.25) is 14.5 Å². The van der Waals surface area contributed by atoms with Crippen LogP contribution in [0.1, 0.15) is 5.69 Å². The van der Waals surface area contributed by atoms with Crippen molar-refractivity contribution in [3.8, 4) is 6.07 Å². The first-order valence-electron chi connectivity index (χ1n) is 7.54. The van der Waals surface area contributed by atoms with Crippen LogP contribution in [0.2, 0.25) is 0 Å². The molecule has 0 bridgehead atoms. The number of nitriles is 1. The number of fused-ring (bicyclic) bond motifs is 1. The van der Waals surface area contributed by atoms with Gasteiger partial charge in [-0.25, -0.2) is 9.78 Å². The lowest BCUT2D eigenvalue weighted by atomic mass is 10.0. The highest BCUT2D eigenvalue weighted by Crippen LogP contribution is 2.43. The van der Waals surface area contributed by atoms with Gasteiger partial charge >= 0.3 is 5.97 Å². The van der Waals surface area contributed by atoms with Crippen molar-refractivity contribution in [3.63, 3.8) is 0 Å². The number of thiazole rings is 1. The summed E-state index contributed by atoms with van der Waals surface area (Å²) >= 11 is 3.38. The van der Waals surface area contributed by atoms with Crippen LogP contribution in [0, 0.1) is 11.3 Å². The van der Waals surface area contributed by atoms with Crippen LogP contribution in [0.4, 0.5) is 5.13 Å². The van der Waals surface area contributed by atoms with Crippen LogP contribution < -0.4 is 11.1 Å². The number of carbonyl (C=O) groups is 3. The zero-order chi connectivity index (χ0) is 20.4. The number of hydrogen-bond acceptors (Lipinski definition) is 11. The molecule has 2 atom stereocenters. The largest absolute Gasteiger partial charge is 0.477 e. The molecule has 0 spiro atoms. The van der Waals surface area contributed by atoms with Crippen LogP contribution in [0.3, 0.4) is 0 Å². The third-order valence-electron chi connectivity index (χ3n) is 3.81. The van der Waals surface area contributed by atoms with Gasteiger partial charge in [0.05, 0.1) is 11.8 Å². The van der Waals surface area contributed by atoms with Crippen molar-refractivity contribution < 1.29 is 24.7 Å². The second-order valence-corrected chi connectivity index (χ2v) is 8.47. The fourth-order valence-electron chi connectivity index (χ4n) is 2.64. The molecular weight excluding hydrogens is 428 g/mol. The van der Waals surface area contributed by atoms with Crippen LogP contribution in [0.5, 0.6) is 0 Å². The van der Waals surface area contributed by atoms with E-state index in [4.69, 9.17) is 16.2 Å². The summed E-state index contributed by atoms with van der Waals surface area (Å²) in [5.74, 6) is -2.37. The van der Waals surface area contributed by atoms with Crippen LogP contribution in [0.15, 0.2) is 21.1 Å². The summed E-state index contributed by atoms with van der Waals surface area (Å²) in [6.07, 6.45) is 0. The number of aromatic nitrogens is 1. The first-order chi connectivity index (χ1) is 13.4. The minimum Gasteiger partial charge on any atom is -0.477 e. The van der Waals surface area contributed by atoms with Gasteiger partial charge in [0.25, 0.3) is 11.8 Å². The van der Waals surface area contributed by atoms with Crippen molar-refractivity contribution in [3.05, 3.63) is 21.7 Å². The van der Waals surface area contributed by atoms with Crippen molar-refractivity contribution in [2.75, 3.05) is 17.2 Å². The summed E-state index contributed by atoms with van der Waals surface area (Å²) in [5, 5.41) is 33.7. The Bertz CT molecular complexity index is 952. The summed E-state index contributed by atoms with van der Waals surface area (Å²) in [4.78, 5) is 41.9. The van der Waals surface area contributed by atoms with Crippen molar-refractivity contribution in [1.29, 1.82) is 5.26 Å². The number of hydrogen-bond donors (Lipinski definition) is 4. The number of β-lactam (4-membered cyclic amide) rings is 1. The number of carboxylic acid groups (broad SMARTS) is 1. The number of nitrogen functional groups attached to an aromatic ring is 1. The van der Waals surface area contributed by atoms with Gasteiger partial charge in [-0.05, 0) is 0 Å². The molecule has 0 saturated carbocycles. The third kappa shape index (κ3) is 3.51. The van der Waals surface area contributed by atoms with Gasteiger partial charge in [-0.15, -0.1) is 34.9 Å². The zero-order valence-corrected chi connectivity index (χ0v) is 16.3. The van der Waals surface area contributed by atoms with E-state index in [1.165, 1.54) is 17.1 Å². The number of thioether (sulfide) groups is 2. The Hall–Kier alpha value is -2.76. The average molecular weight is 440 g/mol. The predicted octanol–water partition coefficient (Wildman–Crippen LogP) is -0.144. The Morgan fingerprint density at radius 2 is 2.32 bits per heavy atom. The van der Waals surface area contributed by atoms with E-state index < -0.39 is 34.9 Å². The molecular formula is C14H12N6O5S3. The number of aliphatic carboxylic acids is 1. The van der Waals surface area contributed by atoms with Gasteiger partial charge in [-0.1, -0.05) is 5.16 Å². The van der Waals surface area contributed by atoms with Gasteiger partial charge in [0.15, 0.2) is 10.8 Å². The van der Waals surface area contributed by atoms with Gasteiger partial charge < -0.3 is 21.4 Å². The normalized spacial score (nSPS) is 21.6. The van der Waals surface area contributed by atoms with Crippen molar-refractivity contribution in [2.45, 2.75) is 11.4 Å². The Morgan fingerprint density at radius 1 is 1.57 bits per heavy atom. The summed E-state index contributed by atoms with van der Waals surface area (Å²) in [6, 6.07) is 0.932. The fourth-order valence-corrected chi connectivity index (χ4v) is 5.48. The number of nitrogens with one attached hydrogen (secondary N) is 1. The molecule has 146 valence electrons. The number of carboxylic acids is 1. The van der Waals surface area contributed by atoms with E-state index in [-0.39, 0.29) is 22.3 Å². The Labute approximate surface area is 170 Å². The van der Waals surface area contributed by atoms with Crippen molar-refractivity contribution >= 4 is 63.5 Å². The molecule has 2 amide bonds. The SMILES string of the molecule is N#CCSC1=C(C(=O)O)N2C(=O)[C@@H](NC(=O)/C(=N/O)c3csc(N)n3)[C@H]2SC1. The summed E-state index contributed by atoms with van der Waals surface area (Å²) in [6.45, 7) is 0. The second kappa shape index (κ2) is 8.09. The Kier molecular flexibility index (Phi) is 5.77. The van der Waals surface area contributed by atoms with Crippen LogP contribution >= 0.6 is 34.9 Å². The maximum absolute atomic E-state index is 12.5. The first kappa shape index (κ1) is 20.0. The molecule has 3 rings (SSSR count). The molecule has 3 heterocycles. The number of rotatable bonds is 6. The first-order valence-corrected chi connectivity index (χ1v) is 10.5. The van der Waals surface area contributed by atoms with E-state index in [0.717, 1.165) is 28.0 Å². The van der Waals surface area contributed by atoms with E-state index in [9.17, 15) is 19.5 Å².